The van der Waals surface area contributed by atoms with Crippen LogP contribution in [0.5, 0.6) is 5.75 Å². The number of nitrogens with two attached hydrogens (primary N) is 1. The predicted octanol–water partition coefficient (Wildman–Crippen LogP) is 1.17. The lowest BCUT2D eigenvalue weighted by Gasteiger charge is -2.34. The van der Waals surface area contributed by atoms with Gasteiger partial charge in [0.1, 0.15) is 37.0 Å². The first-order valence-corrected chi connectivity index (χ1v) is 11.2. The third-order valence-electron chi connectivity index (χ3n) is 6.38. The molecular formula is C25H32N2O4+2. The number of aryl methyl sites for hydroxylation is 1. The molecule has 3 aromatic rings. The quantitative estimate of drug-likeness (QED) is 0.498. The van der Waals surface area contributed by atoms with E-state index in [0.29, 0.717) is 24.2 Å². The van der Waals surface area contributed by atoms with Crippen LogP contribution in [0, 0.1) is 0 Å². The van der Waals surface area contributed by atoms with Crippen molar-refractivity contribution in [3.63, 3.8) is 0 Å². The van der Waals surface area contributed by atoms with Crippen molar-refractivity contribution in [2.24, 2.45) is 0 Å². The Morgan fingerprint density at radius 2 is 1.84 bits per heavy atom. The molecule has 1 fully saturated rings. The summed E-state index contributed by atoms with van der Waals surface area (Å²) < 4.78 is 10.9. The summed E-state index contributed by atoms with van der Waals surface area (Å²) in [6, 6.07) is 16.4. The molecule has 2 aromatic carbocycles. The fourth-order valence-electron chi connectivity index (χ4n) is 4.72. The molecule has 6 nitrogen and oxygen atoms in total. The summed E-state index contributed by atoms with van der Waals surface area (Å²) in [7, 11) is 0. The maximum atomic E-state index is 12.1. The molecule has 1 aliphatic heterocycles. The monoisotopic (exact) mass is 424 g/mol. The number of rotatable bonds is 7. The zero-order valence-electron chi connectivity index (χ0n) is 18.3. The lowest BCUT2D eigenvalue weighted by molar-refractivity contribution is -0.959. The number of phenols is 1. The molecule has 0 radical (unpaired) electrons. The molecule has 0 amide bonds. The van der Waals surface area contributed by atoms with Crippen molar-refractivity contribution < 1.29 is 24.5 Å². The van der Waals surface area contributed by atoms with Crippen LogP contribution in [0.2, 0.25) is 0 Å². The van der Waals surface area contributed by atoms with E-state index in [1.54, 1.807) is 12.1 Å². The van der Waals surface area contributed by atoms with Gasteiger partial charge in [-0.3, -0.25) is 0 Å². The number of quaternary nitrogens is 2. The molecule has 0 saturated carbocycles. The maximum absolute atomic E-state index is 12.1. The summed E-state index contributed by atoms with van der Waals surface area (Å²) in [6.45, 7) is 8.51. The van der Waals surface area contributed by atoms with Gasteiger partial charge in [0.15, 0.2) is 6.04 Å². The van der Waals surface area contributed by atoms with Crippen LogP contribution in [-0.4, -0.2) is 37.5 Å². The number of nitrogens with one attached hydrogen (secondary N) is 1. The van der Waals surface area contributed by atoms with E-state index in [1.807, 2.05) is 13.0 Å². The first-order valence-electron chi connectivity index (χ1n) is 11.2. The first kappa shape index (κ1) is 21.6. The topological polar surface area (TPSA) is 80.7 Å². The van der Waals surface area contributed by atoms with Crippen molar-refractivity contribution >= 4 is 11.0 Å². The van der Waals surface area contributed by atoms with Gasteiger partial charge < -0.3 is 24.5 Å². The second-order valence-corrected chi connectivity index (χ2v) is 8.38. The third kappa shape index (κ3) is 4.82. The predicted molar refractivity (Wildman–Crippen MR) is 119 cm³/mol. The first-order chi connectivity index (χ1) is 15.1. The minimum absolute atomic E-state index is 0.174. The van der Waals surface area contributed by atoms with Gasteiger partial charge in [0.2, 0.25) is 0 Å². The Hall–Kier alpha value is -2.67. The van der Waals surface area contributed by atoms with E-state index in [4.69, 9.17) is 9.15 Å². The van der Waals surface area contributed by atoms with Gasteiger partial charge in [0, 0.05) is 28.6 Å². The van der Waals surface area contributed by atoms with E-state index in [2.05, 4.69) is 42.6 Å². The highest BCUT2D eigenvalue weighted by atomic mass is 16.5. The number of fused-ring (bicyclic) bond motifs is 1. The van der Waals surface area contributed by atoms with Crippen molar-refractivity contribution in [3.05, 3.63) is 75.6 Å². The summed E-state index contributed by atoms with van der Waals surface area (Å²) in [4.78, 5) is 13.7. The molecule has 164 valence electrons. The molecule has 1 aromatic heterocycles. The molecule has 4 rings (SSSR count). The molecule has 2 atom stereocenters. The second-order valence-electron chi connectivity index (χ2n) is 8.38. The molecule has 0 spiro atoms. The minimum Gasteiger partial charge on any atom is -0.508 e. The number of ether oxygens (including phenoxy) is 1. The van der Waals surface area contributed by atoms with Crippen LogP contribution in [0.4, 0.5) is 0 Å². The second kappa shape index (κ2) is 9.64. The number of aromatic hydroxyl groups is 1. The smallest absolute Gasteiger partial charge is 0.336 e. The normalized spacial score (nSPS) is 17.0. The van der Waals surface area contributed by atoms with Gasteiger partial charge in [-0.15, -0.1) is 0 Å². The van der Waals surface area contributed by atoms with Crippen molar-refractivity contribution in [3.8, 4) is 5.75 Å². The van der Waals surface area contributed by atoms with Crippen LogP contribution >= 0.6 is 0 Å². The lowest BCUT2D eigenvalue weighted by atomic mass is 9.97. The van der Waals surface area contributed by atoms with Gasteiger partial charge in [-0.1, -0.05) is 37.3 Å². The zero-order valence-corrected chi connectivity index (χ0v) is 18.3. The van der Waals surface area contributed by atoms with Gasteiger partial charge in [-0.2, -0.15) is 0 Å². The van der Waals surface area contributed by atoms with Crippen molar-refractivity contribution in [2.45, 2.75) is 38.9 Å². The fourth-order valence-corrected chi connectivity index (χ4v) is 4.72. The average molecular weight is 425 g/mol. The van der Waals surface area contributed by atoms with Crippen molar-refractivity contribution in [2.75, 3.05) is 26.3 Å². The standard InChI is InChI=1S/C25H30N2O4/c1-3-18-13-21-20(14-24(29)31-23(21)15-22(18)28)16-26-17(2)25(19-7-5-4-6-8-19)27-9-11-30-12-10-27/h4-8,13-15,17,25-26,28H,3,9-12,16H2,1-2H3/p+2/t17-,25-/m1/s1. The highest BCUT2D eigenvalue weighted by molar-refractivity contribution is 5.82. The van der Waals surface area contributed by atoms with Gasteiger partial charge in [-0.05, 0) is 25.0 Å². The van der Waals surface area contributed by atoms with Crippen molar-refractivity contribution in [1.82, 2.24) is 0 Å². The van der Waals surface area contributed by atoms with Gasteiger partial charge in [0.25, 0.3) is 0 Å². The van der Waals surface area contributed by atoms with E-state index in [0.717, 1.165) is 49.2 Å². The summed E-state index contributed by atoms with van der Waals surface area (Å²) in [5.41, 5.74) is 3.19. The van der Waals surface area contributed by atoms with Gasteiger partial charge >= 0.3 is 5.63 Å². The molecule has 6 heteroatoms. The van der Waals surface area contributed by atoms with E-state index in [9.17, 15) is 9.90 Å². The Kier molecular flexibility index (Phi) is 6.70. The van der Waals surface area contributed by atoms with Gasteiger partial charge in [-0.25, -0.2) is 4.79 Å². The van der Waals surface area contributed by atoms with E-state index < -0.39 is 0 Å². The van der Waals surface area contributed by atoms with Crippen LogP contribution in [0.1, 0.15) is 36.6 Å². The van der Waals surface area contributed by atoms with E-state index in [1.165, 1.54) is 10.5 Å². The fraction of sp³-hybridized carbons (Fsp3) is 0.400. The third-order valence-corrected chi connectivity index (χ3v) is 6.38. The summed E-state index contributed by atoms with van der Waals surface area (Å²) in [5, 5.41) is 13.4. The van der Waals surface area contributed by atoms with Crippen molar-refractivity contribution in [1.29, 1.82) is 0 Å². The molecule has 0 bridgehead atoms. The Morgan fingerprint density at radius 3 is 2.55 bits per heavy atom. The summed E-state index contributed by atoms with van der Waals surface area (Å²) in [5.74, 6) is 0.174. The van der Waals surface area contributed by atoms with Crippen LogP contribution in [0.15, 0.2) is 57.7 Å². The SMILES string of the molecule is CCc1cc2c(C[NH2+][C@H](C)[C@H](c3ccccc3)[NH+]3CCOCC3)cc(=O)oc2cc1O. The maximum Gasteiger partial charge on any atom is 0.336 e. The Labute approximate surface area is 182 Å². The molecule has 2 heterocycles. The lowest BCUT2D eigenvalue weighted by Crippen LogP contribution is -3.17. The van der Waals surface area contributed by atoms with Crippen LogP contribution < -0.4 is 15.8 Å². The number of hydrogen-bond donors (Lipinski definition) is 3. The number of benzene rings is 2. The molecule has 0 unspecified atom stereocenters. The van der Waals surface area contributed by atoms with Crippen LogP contribution in [0.3, 0.4) is 0 Å². The van der Waals surface area contributed by atoms with Crippen LogP contribution in [0.25, 0.3) is 11.0 Å². The van der Waals surface area contributed by atoms with E-state index >= 15 is 0 Å². The molecule has 1 saturated heterocycles. The number of phenolic OH excluding ortho intramolecular Hbond substituents is 1. The Morgan fingerprint density at radius 1 is 1.10 bits per heavy atom. The van der Waals surface area contributed by atoms with Crippen LogP contribution in [-0.2, 0) is 17.7 Å². The average Bonchev–Trinajstić information content (AvgIpc) is 2.78. The molecule has 1 aliphatic rings. The Balaban J connectivity index is 1.61. The summed E-state index contributed by atoms with van der Waals surface area (Å²) in [6.07, 6.45) is 0.719. The molecule has 31 heavy (non-hydrogen) atoms. The van der Waals surface area contributed by atoms with E-state index in [-0.39, 0.29) is 11.4 Å². The number of hydrogen-bond acceptors (Lipinski definition) is 4. The summed E-state index contributed by atoms with van der Waals surface area (Å²) >= 11 is 0. The minimum atomic E-state index is -0.384. The highest BCUT2D eigenvalue weighted by Gasteiger charge is 2.33. The largest absolute Gasteiger partial charge is 0.508 e. The highest BCUT2D eigenvalue weighted by Crippen LogP contribution is 2.26. The number of morpholine rings is 1. The molecule has 4 N–H and O–H groups in total. The van der Waals surface area contributed by atoms with Gasteiger partial charge in [0.05, 0.1) is 13.2 Å². The molecule has 0 aliphatic carbocycles. The zero-order chi connectivity index (χ0) is 21.8. The Bertz CT molecular complexity index is 1070. The molecular weight excluding hydrogens is 392 g/mol.